The van der Waals surface area contributed by atoms with Crippen LogP contribution in [0.2, 0.25) is 0 Å². The standard InChI is InChI=1S/C8H7N3OS/c12-8-10-4-1-2-9-7-6(4)5(11-8)3-13-7/h1-2,5H,3H2,(H2,10,11,12). The Hall–Kier alpha value is -1.23. The van der Waals surface area contributed by atoms with Gasteiger partial charge in [-0.15, -0.1) is 11.8 Å². The van der Waals surface area contributed by atoms with Crippen molar-refractivity contribution < 1.29 is 4.79 Å². The van der Waals surface area contributed by atoms with Gasteiger partial charge in [-0.1, -0.05) is 0 Å². The predicted octanol–water partition coefficient (Wildman–Crippen LogP) is 1.36. The molecule has 4 nitrogen and oxygen atoms in total. The molecule has 0 aromatic carbocycles. The summed E-state index contributed by atoms with van der Waals surface area (Å²) in [5.74, 6) is 0.896. The van der Waals surface area contributed by atoms with Gasteiger partial charge >= 0.3 is 6.03 Å². The van der Waals surface area contributed by atoms with Crippen molar-refractivity contribution in [3.8, 4) is 0 Å². The molecule has 2 aliphatic heterocycles. The summed E-state index contributed by atoms with van der Waals surface area (Å²) in [6.45, 7) is 0. The Morgan fingerprint density at radius 1 is 1.62 bits per heavy atom. The molecule has 0 fully saturated rings. The lowest BCUT2D eigenvalue weighted by Gasteiger charge is -2.22. The van der Waals surface area contributed by atoms with Crippen LogP contribution in [0.3, 0.4) is 0 Å². The maximum atomic E-state index is 11.2. The molecule has 0 spiro atoms. The molecule has 1 aromatic rings. The molecule has 2 amide bonds. The molecule has 0 radical (unpaired) electrons. The maximum absolute atomic E-state index is 11.2. The number of nitrogens with one attached hydrogen (secondary N) is 2. The van der Waals surface area contributed by atoms with Crippen molar-refractivity contribution in [1.29, 1.82) is 0 Å². The number of carbonyl (C=O) groups is 1. The zero-order valence-corrected chi connectivity index (χ0v) is 7.52. The Kier molecular flexibility index (Phi) is 1.32. The quantitative estimate of drug-likeness (QED) is 0.654. The predicted molar refractivity (Wildman–Crippen MR) is 49.9 cm³/mol. The number of rotatable bonds is 0. The van der Waals surface area contributed by atoms with Crippen molar-refractivity contribution in [1.82, 2.24) is 10.3 Å². The van der Waals surface area contributed by atoms with Gasteiger partial charge in [0.2, 0.25) is 0 Å². The topological polar surface area (TPSA) is 54.0 Å². The Bertz CT molecular complexity index is 393. The fourth-order valence-corrected chi connectivity index (χ4v) is 2.81. The Labute approximate surface area is 79.1 Å². The molecule has 13 heavy (non-hydrogen) atoms. The minimum atomic E-state index is -0.114. The minimum absolute atomic E-state index is 0.114. The zero-order chi connectivity index (χ0) is 8.84. The highest BCUT2D eigenvalue weighted by atomic mass is 32.2. The number of nitrogens with zero attached hydrogens (tertiary/aromatic N) is 1. The van der Waals surface area contributed by atoms with Crippen LogP contribution in [0, 0.1) is 0 Å². The molecule has 0 aliphatic carbocycles. The van der Waals surface area contributed by atoms with Gasteiger partial charge in [0.1, 0.15) is 5.03 Å². The minimum Gasteiger partial charge on any atom is -0.330 e. The van der Waals surface area contributed by atoms with E-state index in [1.807, 2.05) is 6.07 Å². The first-order valence-electron chi connectivity index (χ1n) is 4.04. The van der Waals surface area contributed by atoms with E-state index in [0.717, 1.165) is 22.0 Å². The lowest BCUT2D eigenvalue weighted by atomic mass is 10.1. The molecular formula is C8H7N3OS. The molecule has 1 unspecified atom stereocenters. The SMILES string of the molecule is O=C1Nc2ccnc3c2C(CS3)N1. The smallest absolute Gasteiger partial charge is 0.319 e. The van der Waals surface area contributed by atoms with Gasteiger partial charge < -0.3 is 10.6 Å². The fraction of sp³-hybridized carbons (Fsp3) is 0.250. The van der Waals surface area contributed by atoms with Crippen LogP contribution in [0.5, 0.6) is 0 Å². The van der Waals surface area contributed by atoms with Crippen molar-refractivity contribution in [3.63, 3.8) is 0 Å². The first-order chi connectivity index (χ1) is 6.34. The number of urea groups is 1. The van der Waals surface area contributed by atoms with Gasteiger partial charge in [0, 0.05) is 17.5 Å². The Morgan fingerprint density at radius 2 is 2.54 bits per heavy atom. The number of hydrogen-bond donors (Lipinski definition) is 2. The van der Waals surface area contributed by atoms with Gasteiger partial charge in [0.05, 0.1) is 11.7 Å². The summed E-state index contributed by atoms with van der Waals surface area (Å²) in [5, 5.41) is 6.67. The molecule has 1 aromatic heterocycles. The van der Waals surface area contributed by atoms with E-state index in [-0.39, 0.29) is 12.1 Å². The van der Waals surface area contributed by atoms with Gasteiger partial charge in [0.15, 0.2) is 0 Å². The van der Waals surface area contributed by atoms with E-state index >= 15 is 0 Å². The third-order valence-corrected chi connectivity index (χ3v) is 3.34. The molecule has 2 N–H and O–H groups in total. The first-order valence-corrected chi connectivity index (χ1v) is 5.02. The van der Waals surface area contributed by atoms with Crippen LogP contribution in [-0.4, -0.2) is 16.8 Å². The molecule has 5 heteroatoms. The summed E-state index contributed by atoms with van der Waals surface area (Å²) in [7, 11) is 0. The van der Waals surface area contributed by atoms with E-state index in [1.165, 1.54) is 0 Å². The average molecular weight is 193 g/mol. The number of carbonyl (C=O) groups excluding carboxylic acids is 1. The maximum Gasteiger partial charge on any atom is 0.319 e. The van der Waals surface area contributed by atoms with Gasteiger partial charge in [-0.25, -0.2) is 9.78 Å². The summed E-state index contributed by atoms with van der Waals surface area (Å²) in [6, 6.07) is 1.88. The zero-order valence-electron chi connectivity index (χ0n) is 6.70. The third kappa shape index (κ3) is 0.935. The van der Waals surface area contributed by atoms with Crippen molar-refractivity contribution in [2.24, 2.45) is 0 Å². The molecule has 3 rings (SSSR count). The molecule has 1 atom stereocenters. The van der Waals surface area contributed by atoms with Crippen LogP contribution in [0.25, 0.3) is 0 Å². The lowest BCUT2D eigenvalue weighted by molar-refractivity contribution is 0.248. The molecule has 0 saturated heterocycles. The van der Waals surface area contributed by atoms with Gasteiger partial charge in [-0.3, -0.25) is 0 Å². The van der Waals surface area contributed by atoms with E-state index in [0.29, 0.717) is 0 Å². The molecular weight excluding hydrogens is 186 g/mol. The molecule has 0 saturated carbocycles. The van der Waals surface area contributed by atoms with Crippen LogP contribution in [-0.2, 0) is 0 Å². The van der Waals surface area contributed by atoms with E-state index in [1.54, 1.807) is 18.0 Å². The highest BCUT2D eigenvalue weighted by Gasteiger charge is 2.32. The number of pyridine rings is 1. The molecule has 0 bridgehead atoms. The molecule has 66 valence electrons. The second-order valence-corrected chi connectivity index (χ2v) is 4.05. The van der Waals surface area contributed by atoms with Crippen molar-refractivity contribution in [3.05, 3.63) is 17.8 Å². The van der Waals surface area contributed by atoms with E-state index in [9.17, 15) is 4.79 Å². The highest BCUT2D eigenvalue weighted by molar-refractivity contribution is 7.99. The number of hydrogen-bond acceptors (Lipinski definition) is 3. The first kappa shape index (κ1) is 7.20. The largest absolute Gasteiger partial charge is 0.330 e. The van der Waals surface area contributed by atoms with Crippen LogP contribution in [0.1, 0.15) is 11.6 Å². The Morgan fingerprint density at radius 3 is 3.46 bits per heavy atom. The summed E-state index contributed by atoms with van der Waals surface area (Å²) in [5.41, 5.74) is 2.05. The van der Waals surface area contributed by atoms with Crippen LogP contribution in [0.15, 0.2) is 17.3 Å². The van der Waals surface area contributed by atoms with E-state index < -0.39 is 0 Å². The van der Waals surface area contributed by atoms with Crippen LogP contribution >= 0.6 is 11.8 Å². The van der Waals surface area contributed by atoms with Crippen LogP contribution < -0.4 is 10.6 Å². The average Bonchev–Trinajstić information content (AvgIpc) is 2.50. The fourth-order valence-electron chi connectivity index (χ4n) is 1.69. The summed E-state index contributed by atoms with van der Waals surface area (Å²) in [4.78, 5) is 15.4. The number of thioether (sulfide) groups is 1. The van der Waals surface area contributed by atoms with Gasteiger partial charge in [-0.2, -0.15) is 0 Å². The van der Waals surface area contributed by atoms with Crippen LogP contribution in [0.4, 0.5) is 10.5 Å². The summed E-state index contributed by atoms with van der Waals surface area (Å²) < 4.78 is 0. The van der Waals surface area contributed by atoms with Crippen molar-refractivity contribution in [2.45, 2.75) is 11.1 Å². The normalized spacial score (nSPS) is 23.4. The van der Waals surface area contributed by atoms with Crippen molar-refractivity contribution in [2.75, 3.05) is 11.1 Å². The third-order valence-electron chi connectivity index (χ3n) is 2.24. The lowest BCUT2D eigenvalue weighted by Crippen LogP contribution is -2.37. The van der Waals surface area contributed by atoms with E-state index in [4.69, 9.17) is 0 Å². The van der Waals surface area contributed by atoms with Crippen molar-refractivity contribution >= 4 is 23.5 Å². The number of aromatic nitrogens is 1. The van der Waals surface area contributed by atoms with Gasteiger partial charge in [0.25, 0.3) is 0 Å². The number of anilines is 1. The second-order valence-electron chi connectivity index (χ2n) is 3.04. The van der Waals surface area contributed by atoms with E-state index in [2.05, 4.69) is 15.6 Å². The summed E-state index contributed by atoms with van der Waals surface area (Å²) >= 11 is 1.69. The van der Waals surface area contributed by atoms with Gasteiger partial charge in [-0.05, 0) is 6.07 Å². The summed E-state index contributed by atoms with van der Waals surface area (Å²) in [6.07, 6.45) is 1.73. The monoisotopic (exact) mass is 193 g/mol. The number of amides is 2. The Balaban J connectivity index is 2.22. The second kappa shape index (κ2) is 2.38. The highest BCUT2D eigenvalue weighted by Crippen LogP contribution is 2.42. The molecule has 2 aliphatic rings. The molecule has 3 heterocycles.